The summed E-state index contributed by atoms with van der Waals surface area (Å²) in [6.45, 7) is 0.892. The number of carbonyl (C=O) groups is 2. The molecule has 0 amide bonds. The molecule has 0 unspecified atom stereocenters. The van der Waals surface area contributed by atoms with Gasteiger partial charge in [-0.15, -0.1) is 0 Å². The van der Waals surface area contributed by atoms with Crippen LogP contribution in [0.15, 0.2) is 72.5 Å². The van der Waals surface area contributed by atoms with Crippen molar-refractivity contribution in [2.24, 2.45) is 5.73 Å². The summed E-state index contributed by atoms with van der Waals surface area (Å²) >= 11 is 0. The molecule has 7 nitrogen and oxygen atoms in total. The van der Waals surface area contributed by atoms with Gasteiger partial charge in [0, 0.05) is 18.4 Å². The number of nitrogens with one attached hydrogen (secondary N) is 2. The van der Waals surface area contributed by atoms with Gasteiger partial charge in [-0.25, -0.2) is 4.98 Å². The fraction of sp³-hybridized carbons (Fsp3) is 0.387. The van der Waals surface area contributed by atoms with Gasteiger partial charge in [-0.1, -0.05) is 67.5 Å². The van der Waals surface area contributed by atoms with E-state index in [1.807, 2.05) is 26.4 Å². The maximum atomic E-state index is 10.3. The van der Waals surface area contributed by atoms with E-state index < -0.39 is 0 Å². The normalized spacial score (nSPS) is 11.5. The zero-order chi connectivity index (χ0) is 27.8. The maximum Gasteiger partial charge on any atom is 0.293 e. The van der Waals surface area contributed by atoms with Crippen molar-refractivity contribution in [3.05, 3.63) is 78.3 Å². The van der Waals surface area contributed by atoms with E-state index >= 15 is 0 Å². The van der Waals surface area contributed by atoms with Crippen LogP contribution in [0.25, 0.3) is 22.0 Å². The summed E-state index contributed by atoms with van der Waals surface area (Å²) in [6, 6.07) is 14.9. The monoisotopic (exact) mass is 520 g/mol. The standard InChI is InChI=1S/C20H22N2O.C8H10O2.C2H7N.CH5N/c23-13-7-3-1-2-4-10-20-21-15-19(22-20)18-12-11-16-8-5-6-9-17(16)14-18;9-7-10-6-8-4-2-1-3-5-8;1-3-2;1-2/h5-6,8-9,11-15H,1-4,7,10H2,(H,21,22);2,4-5,7H,1,3,6H2;3H,1-2H3;2H2,1H3. The van der Waals surface area contributed by atoms with Crippen molar-refractivity contribution in [1.82, 2.24) is 15.3 Å². The van der Waals surface area contributed by atoms with Crippen molar-refractivity contribution in [1.29, 1.82) is 0 Å². The zero-order valence-electron chi connectivity index (χ0n) is 23.1. The van der Waals surface area contributed by atoms with Gasteiger partial charge in [0.15, 0.2) is 0 Å². The summed E-state index contributed by atoms with van der Waals surface area (Å²) in [4.78, 5) is 28.0. The van der Waals surface area contributed by atoms with Crippen molar-refractivity contribution in [3.8, 4) is 11.3 Å². The molecule has 0 bridgehead atoms. The lowest BCUT2D eigenvalue weighted by molar-refractivity contribution is -0.127. The molecule has 0 fully saturated rings. The maximum absolute atomic E-state index is 10.3. The van der Waals surface area contributed by atoms with E-state index in [0.717, 1.165) is 68.3 Å². The number of aromatic nitrogens is 2. The van der Waals surface area contributed by atoms with Gasteiger partial charge >= 0.3 is 0 Å². The van der Waals surface area contributed by atoms with E-state index in [1.165, 1.54) is 23.4 Å². The molecule has 0 radical (unpaired) electrons. The van der Waals surface area contributed by atoms with Gasteiger partial charge in [-0.3, -0.25) is 4.79 Å². The molecule has 4 N–H and O–H groups in total. The highest BCUT2D eigenvalue weighted by Gasteiger charge is 2.04. The first-order valence-electron chi connectivity index (χ1n) is 13.3. The number of benzene rings is 2. The summed E-state index contributed by atoms with van der Waals surface area (Å²) in [6.07, 6.45) is 17.3. The van der Waals surface area contributed by atoms with E-state index in [0.29, 0.717) is 19.5 Å². The van der Waals surface area contributed by atoms with Gasteiger partial charge in [0.25, 0.3) is 6.47 Å². The number of H-pyrrole nitrogens is 1. The van der Waals surface area contributed by atoms with E-state index in [4.69, 9.17) is 0 Å². The predicted octanol–water partition coefficient (Wildman–Crippen LogP) is 5.77. The average molecular weight is 521 g/mol. The summed E-state index contributed by atoms with van der Waals surface area (Å²) in [5.41, 5.74) is 7.85. The van der Waals surface area contributed by atoms with Crippen LogP contribution in [0.5, 0.6) is 0 Å². The Morgan fingerprint density at radius 3 is 2.42 bits per heavy atom. The largest absolute Gasteiger partial charge is 0.463 e. The van der Waals surface area contributed by atoms with Crippen LogP contribution in [0.4, 0.5) is 0 Å². The Labute approximate surface area is 227 Å². The number of unbranched alkanes of at least 4 members (excludes halogenated alkanes) is 4. The molecule has 0 saturated heterocycles. The third-order valence-corrected chi connectivity index (χ3v) is 5.56. The molecule has 0 spiro atoms. The molecule has 38 heavy (non-hydrogen) atoms. The second kappa shape index (κ2) is 21.5. The van der Waals surface area contributed by atoms with E-state index in [-0.39, 0.29) is 0 Å². The number of nitrogens with two attached hydrogens (primary N) is 1. The van der Waals surface area contributed by atoms with Crippen molar-refractivity contribution in [2.45, 2.75) is 51.4 Å². The molecule has 206 valence electrons. The number of fused-ring (bicyclic) bond motifs is 1. The first-order valence-corrected chi connectivity index (χ1v) is 13.3. The quantitative estimate of drug-likeness (QED) is 0.219. The molecule has 1 aliphatic carbocycles. The van der Waals surface area contributed by atoms with Crippen molar-refractivity contribution < 1.29 is 14.3 Å². The molecule has 0 saturated carbocycles. The Bertz CT molecular complexity index is 1110. The van der Waals surface area contributed by atoms with Crippen molar-refractivity contribution >= 4 is 23.5 Å². The summed E-state index contributed by atoms with van der Waals surface area (Å²) in [7, 11) is 5.25. The second-order valence-corrected chi connectivity index (χ2v) is 8.59. The Morgan fingerprint density at radius 2 is 1.74 bits per heavy atom. The van der Waals surface area contributed by atoms with Gasteiger partial charge in [-0.2, -0.15) is 0 Å². The number of aryl methyl sites for hydroxylation is 1. The van der Waals surface area contributed by atoms with Crippen LogP contribution in [-0.2, 0) is 20.7 Å². The van der Waals surface area contributed by atoms with Crippen LogP contribution in [-0.4, -0.2) is 50.5 Å². The zero-order valence-corrected chi connectivity index (χ0v) is 23.1. The van der Waals surface area contributed by atoms with Gasteiger partial charge in [-0.05, 0) is 69.2 Å². The lowest BCUT2D eigenvalue weighted by atomic mass is 10.1. The number of rotatable bonds is 11. The van der Waals surface area contributed by atoms with Crippen LogP contribution >= 0.6 is 0 Å². The number of hydrogen-bond acceptors (Lipinski definition) is 6. The second-order valence-electron chi connectivity index (χ2n) is 8.59. The van der Waals surface area contributed by atoms with Crippen LogP contribution in [0, 0.1) is 0 Å². The summed E-state index contributed by atoms with van der Waals surface area (Å²) in [5, 5.41) is 5.25. The number of aldehydes is 1. The molecule has 0 atom stereocenters. The number of allylic oxidation sites excluding steroid dienone is 2. The van der Waals surface area contributed by atoms with Gasteiger partial charge in [0.1, 0.15) is 18.7 Å². The first-order chi connectivity index (χ1) is 18.7. The Kier molecular flexibility index (Phi) is 18.4. The number of imidazole rings is 1. The van der Waals surface area contributed by atoms with Crippen LogP contribution in [0.2, 0.25) is 0 Å². The number of nitrogens with zero attached hydrogens (tertiary/aromatic N) is 1. The first kappa shape index (κ1) is 32.5. The van der Waals surface area contributed by atoms with Gasteiger partial charge in [0.05, 0.1) is 11.9 Å². The highest BCUT2D eigenvalue weighted by molar-refractivity contribution is 5.86. The van der Waals surface area contributed by atoms with Crippen LogP contribution in [0.3, 0.4) is 0 Å². The van der Waals surface area contributed by atoms with Crippen LogP contribution < -0.4 is 11.1 Å². The number of aromatic amines is 1. The minimum absolute atomic E-state index is 0.417. The molecule has 0 aliphatic heterocycles. The number of hydrogen-bond donors (Lipinski definition) is 3. The molecule has 1 aromatic heterocycles. The molecule has 1 heterocycles. The molecule has 4 rings (SSSR count). The molecular weight excluding hydrogens is 476 g/mol. The fourth-order valence-corrected chi connectivity index (χ4v) is 3.77. The Hall–Kier alpha value is -3.55. The Morgan fingerprint density at radius 1 is 1.00 bits per heavy atom. The van der Waals surface area contributed by atoms with Crippen LogP contribution in [0.1, 0.15) is 50.8 Å². The molecule has 7 heteroatoms. The minimum Gasteiger partial charge on any atom is -0.463 e. The minimum atomic E-state index is 0.417. The SMILES string of the molecule is CN.CNC.O=CCCCCCCc1ncc(-c2ccc3ccccc3c2)[nH]1.O=COCC1=CCCC=C1. The predicted molar refractivity (Wildman–Crippen MR) is 158 cm³/mol. The van der Waals surface area contributed by atoms with E-state index in [9.17, 15) is 9.59 Å². The summed E-state index contributed by atoms with van der Waals surface area (Å²) < 4.78 is 4.57. The highest BCUT2D eigenvalue weighted by atomic mass is 16.5. The molecule has 2 aromatic carbocycles. The van der Waals surface area contributed by atoms with Gasteiger partial charge in [0.2, 0.25) is 0 Å². The topological polar surface area (TPSA) is 110 Å². The molecular formula is C31H44N4O3. The lowest BCUT2D eigenvalue weighted by Crippen LogP contribution is -1.95. The summed E-state index contributed by atoms with van der Waals surface area (Å²) in [5.74, 6) is 1.04. The van der Waals surface area contributed by atoms with Gasteiger partial charge < -0.3 is 25.6 Å². The number of carbonyl (C=O) groups excluding carboxylic acids is 2. The average Bonchev–Trinajstić information content (AvgIpc) is 3.45. The molecule has 3 aromatic rings. The van der Waals surface area contributed by atoms with Crippen molar-refractivity contribution in [3.63, 3.8) is 0 Å². The number of ether oxygens (including phenoxy) is 1. The highest BCUT2D eigenvalue weighted by Crippen LogP contribution is 2.23. The van der Waals surface area contributed by atoms with Crippen molar-refractivity contribution in [2.75, 3.05) is 27.7 Å². The van der Waals surface area contributed by atoms with E-state index in [1.54, 1.807) is 0 Å². The fourth-order valence-electron chi connectivity index (χ4n) is 3.77. The third kappa shape index (κ3) is 13.1. The lowest BCUT2D eigenvalue weighted by Gasteiger charge is -2.03. The molecule has 1 aliphatic rings. The Balaban J connectivity index is 0.000000401. The smallest absolute Gasteiger partial charge is 0.293 e. The van der Waals surface area contributed by atoms with E-state index in [2.05, 4.69) is 80.4 Å². The third-order valence-electron chi connectivity index (χ3n) is 5.56.